The number of hydrogen-bond acceptors (Lipinski definition) is 9. The first-order chi connectivity index (χ1) is 24.7. The van der Waals surface area contributed by atoms with Gasteiger partial charge in [-0.25, -0.2) is 4.98 Å². The van der Waals surface area contributed by atoms with Crippen LogP contribution in [0.15, 0.2) is 77.5 Å². The number of oxazole rings is 1. The number of β-amino-alcohol motifs (C(OH)–C–C–N with tert-alkyl or cyclic N) is 1. The molecule has 1 atom stereocenters. The topological polar surface area (TPSA) is 140 Å². The molecule has 3 aromatic heterocycles. The van der Waals surface area contributed by atoms with E-state index in [-0.39, 0.29) is 12.0 Å². The van der Waals surface area contributed by atoms with Gasteiger partial charge >= 0.3 is 5.97 Å². The molecule has 6 aromatic rings. The Balaban J connectivity index is 1.07. The van der Waals surface area contributed by atoms with E-state index in [1.807, 2.05) is 42.7 Å². The third-order valence-corrected chi connectivity index (χ3v) is 10.4. The molecule has 3 aromatic carbocycles. The van der Waals surface area contributed by atoms with Crippen LogP contribution < -0.4 is 0 Å². The van der Waals surface area contributed by atoms with E-state index in [2.05, 4.69) is 60.0 Å². The quantitative estimate of drug-likeness (QED) is 0.180. The largest absolute Gasteiger partial charge is 0.481 e. The molecule has 8 rings (SSSR count). The van der Waals surface area contributed by atoms with E-state index < -0.39 is 5.97 Å². The monoisotopic (exact) mass is 678 g/mol. The molecular formula is C41H38N6O4. The second kappa shape index (κ2) is 13.3. The summed E-state index contributed by atoms with van der Waals surface area (Å²) in [6.45, 7) is 8.13. The molecular weight excluding hydrogens is 640 g/mol. The Bertz CT molecular complexity index is 2360. The normalized spacial score (nSPS) is 16.9. The van der Waals surface area contributed by atoms with Gasteiger partial charge in [-0.05, 0) is 89.5 Å². The molecule has 51 heavy (non-hydrogen) atoms. The number of pyridine rings is 2. The highest BCUT2D eigenvalue weighted by Crippen LogP contribution is 2.37. The van der Waals surface area contributed by atoms with Crippen LogP contribution in [-0.4, -0.2) is 73.2 Å². The molecule has 0 aliphatic carbocycles. The number of hydrogen-bond donors (Lipinski definition) is 2. The van der Waals surface area contributed by atoms with Crippen molar-refractivity contribution in [1.29, 1.82) is 5.26 Å². The molecule has 256 valence electrons. The van der Waals surface area contributed by atoms with E-state index in [1.165, 1.54) is 5.56 Å². The van der Waals surface area contributed by atoms with Gasteiger partial charge in [-0.3, -0.25) is 24.6 Å². The van der Waals surface area contributed by atoms with Crippen LogP contribution in [0.3, 0.4) is 0 Å². The fourth-order valence-corrected chi connectivity index (χ4v) is 7.59. The van der Waals surface area contributed by atoms with E-state index in [0.29, 0.717) is 55.2 Å². The summed E-state index contributed by atoms with van der Waals surface area (Å²) in [5.41, 5.74) is 11.7. The molecule has 2 fully saturated rings. The number of carboxylic acid groups (broad SMARTS) is 1. The number of carbonyl (C=O) groups is 1. The second-order valence-corrected chi connectivity index (χ2v) is 13.9. The predicted molar refractivity (Wildman–Crippen MR) is 194 cm³/mol. The van der Waals surface area contributed by atoms with Crippen LogP contribution in [0.2, 0.25) is 0 Å². The van der Waals surface area contributed by atoms with Gasteiger partial charge in [0.2, 0.25) is 5.89 Å². The van der Waals surface area contributed by atoms with E-state index >= 15 is 0 Å². The number of aliphatic carboxylic acids is 1. The van der Waals surface area contributed by atoms with Crippen LogP contribution in [0.5, 0.6) is 0 Å². The number of fused-ring (bicyclic) bond motifs is 2. The predicted octanol–water partition coefficient (Wildman–Crippen LogP) is 6.27. The lowest BCUT2D eigenvalue weighted by Gasteiger charge is -2.36. The summed E-state index contributed by atoms with van der Waals surface area (Å²) in [5, 5.41) is 30.2. The van der Waals surface area contributed by atoms with Crippen LogP contribution in [0.4, 0.5) is 0 Å². The summed E-state index contributed by atoms with van der Waals surface area (Å²) in [6.07, 6.45) is 5.00. The third-order valence-electron chi connectivity index (χ3n) is 10.4. The third kappa shape index (κ3) is 6.36. The van der Waals surface area contributed by atoms with E-state index in [9.17, 15) is 20.3 Å². The minimum Gasteiger partial charge on any atom is -0.481 e. The molecule has 5 heterocycles. The van der Waals surface area contributed by atoms with Crippen LogP contribution in [0.25, 0.3) is 44.6 Å². The number of aromatic nitrogens is 3. The van der Waals surface area contributed by atoms with Crippen LogP contribution in [0.1, 0.15) is 45.5 Å². The average Bonchev–Trinajstić information content (AvgIpc) is 3.72. The maximum absolute atomic E-state index is 11.2. The first kappa shape index (κ1) is 32.7. The zero-order valence-corrected chi connectivity index (χ0v) is 28.6. The van der Waals surface area contributed by atoms with Crippen LogP contribution >= 0.6 is 0 Å². The van der Waals surface area contributed by atoms with Crippen molar-refractivity contribution in [1.82, 2.24) is 24.8 Å². The van der Waals surface area contributed by atoms with Gasteiger partial charge in [-0.2, -0.15) is 5.26 Å². The zero-order valence-electron chi connectivity index (χ0n) is 28.6. The average molecular weight is 679 g/mol. The van der Waals surface area contributed by atoms with Gasteiger partial charge in [-0.1, -0.05) is 30.3 Å². The lowest BCUT2D eigenvalue weighted by molar-refractivity contribution is -0.147. The summed E-state index contributed by atoms with van der Waals surface area (Å²) in [5.74, 6) is -0.664. The number of aliphatic hydroxyl groups excluding tert-OH is 1. The standard InChI is InChI=1S/C41H38N6O4/c1-24-28(16-36-38-29(9-11-43-36)14-27(18-44-38)20-46-12-10-32(48)23-46)5-3-6-33(24)34-7-4-8-35(25(34)2)40-45-37-15-26(13-30(17-42)39(37)51-40)19-47-21-31(22-47)41(49)50/h3-9,11,13-15,18,31-32,48H,10,12,16,19-23H2,1-2H3,(H,49,50)/t32-/m1/s1. The first-order valence-corrected chi connectivity index (χ1v) is 17.3. The van der Waals surface area contributed by atoms with E-state index in [0.717, 1.165) is 75.1 Å². The van der Waals surface area contributed by atoms with Gasteiger partial charge < -0.3 is 14.6 Å². The Morgan fingerprint density at radius 1 is 0.941 bits per heavy atom. The van der Waals surface area contributed by atoms with Gasteiger partial charge in [0.15, 0.2) is 5.58 Å². The molecule has 10 heteroatoms. The smallest absolute Gasteiger partial charge is 0.309 e. The Morgan fingerprint density at radius 2 is 1.71 bits per heavy atom. The number of rotatable bonds is 9. The van der Waals surface area contributed by atoms with Gasteiger partial charge in [0.05, 0.1) is 28.8 Å². The summed E-state index contributed by atoms with van der Waals surface area (Å²) < 4.78 is 6.27. The van der Waals surface area contributed by atoms with Crippen molar-refractivity contribution in [3.63, 3.8) is 0 Å². The summed E-state index contributed by atoms with van der Waals surface area (Å²) >= 11 is 0. The fraction of sp³-hybridized carbons (Fsp3) is 0.293. The highest BCUT2D eigenvalue weighted by Gasteiger charge is 2.32. The van der Waals surface area contributed by atoms with Crippen molar-refractivity contribution in [2.45, 2.75) is 45.9 Å². The molecule has 2 aliphatic rings. The summed E-state index contributed by atoms with van der Waals surface area (Å²) in [6, 6.07) is 22.7. The molecule has 0 spiro atoms. The lowest BCUT2D eigenvalue weighted by Crippen LogP contribution is -2.49. The molecule has 2 saturated heterocycles. The Kier molecular flexibility index (Phi) is 8.56. The van der Waals surface area contributed by atoms with Crippen molar-refractivity contribution in [3.8, 4) is 28.7 Å². The molecule has 0 bridgehead atoms. The highest BCUT2D eigenvalue weighted by atomic mass is 16.4. The number of likely N-dealkylation sites (tertiary alicyclic amines) is 2. The second-order valence-electron chi connectivity index (χ2n) is 13.9. The van der Waals surface area contributed by atoms with Gasteiger partial charge in [0.1, 0.15) is 11.6 Å². The van der Waals surface area contributed by atoms with Crippen molar-refractivity contribution in [2.75, 3.05) is 26.2 Å². The number of nitrogens with zero attached hydrogens (tertiary/aromatic N) is 6. The lowest BCUT2D eigenvalue weighted by atomic mass is 9.90. The van der Waals surface area contributed by atoms with Crippen molar-refractivity contribution >= 4 is 28.0 Å². The zero-order chi connectivity index (χ0) is 35.2. The maximum atomic E-state index is 11.2. The van der Waals surface area contributed by atoms with Crippen molar-refractivity contribution in [3.05, 3.63) is 112 Å². The molecule has 0 amide bonds. The number of nitriles is 1. The number of aliphatic hydroxyl groups is 1. The van der Waals surface area contributed by atoms with E-state index in [1.54, 1.807) is 0 Å². The molecule has 0 radical (unpaired) electrons. The van der Waals surface area contributed by atoms with Gasteiger partial charge in [0, 0.05) is 69.0 Å². The summed E-state index contributed by atoms with van der Waals surface area (Å²) in [4.78, 5) is 30.0. The van der Waals surface area contributed by atoms with E-state index in [4.69, 9.17) is 19.4 Å². The Morgan fingerprint density at radius 3 is 2.47 bits per heavy atom. The fourth-order valence-electron chi connectivity index (χ4n) is 7.59. The minimum absolute atomic E-state index is 0.244. The SMILES string of the molecule is Cc1c(Cc2nccc3cc(CN4CC[C@@H](O)C4)cnc23)cccc1-c1cccc(-c2nc3cc(CN4CC(C(=O)O)C4)cc(C#N)c3o2)c1C. The van der Waals surface area contributed by atoms with Gasteiger partial charge in [0.25, 0.3) is 0 Å². The van der Waals surface area contributed by atoms with Crippen LogP contribution in [0, 0.1) is 31.1 Å². The molecule has 10 nitrogen and oxygen atoms in total. The Labute approximate surface area is 295 Å². The molecule has 0 saturated carbocycles. The molecule has 2 aliphatic heterocycles. The highest BCUT2D eigenvalue weighted by molar-refractivity contribution is 5.85. The van der Waals surface area contributed by atoms with Crippen LogP contribution in [-0.2, 0) is 24.3 Å². The Hall–Kier alpha value is -5.47. The number of benzene rings is 3. The maximum Gasteiger partial charge on any atom is 0.309 e. The molecule has 2 N–H and O–H groups in total. The van der Waals surface area contributed by atoms with Gasteiger partial charge in [-0.15, -0.1) is 0 Å². The minimum atomic E-state index is -0.774. The van der Waals surface area contributed by atoms with Crippen molar-refractivity contribution < 1.29 is 19.4 Å². The molecule has 0 unspecified atom stereocenters. The van der Waals surface area contributed by atoms with Crippen molar-refractivity contribution in [2.24, 2.45) is 5.92 Å². The number of carboxylic acids is 1. The first-order valence-electron chi connectivity index (χ1n) is 17.3. The summed E-state index contributed by atoms with van der Waals surface area (Å²) in [7, 11) is 0.